The van der Waals surface area contributed by atoms with E-state index in [2.05, 4.69) is 15.3 Å². The van der Waals surface area contributed by atoms with Crippen molar-refractivity contribution >= 4 is 11.8 Å². The monoisotopic (exact) mass is 302 g/mol. The summed E-state index contributed by atoms with van der Waals surface area (Å²) in [4.78, 5) is 8.41. The molecule has 1 fully saturated rings. The molecule has 5 nitrogen and oxygen atoms in total. The molecular weight excluding hydrogens is 283 g/mol. The fourth-order valence-corrected chi connectivity index (χ4v) is 2.60. The van der Waals surface area contributed by atoms with Gasteiger partial charge in [-0.3, -0.25) is 0 Å². The number of anilines is 2. The van der Waals surface area contributed by atoms with E-state index in [1.54, 1.807) is 12.1 Å². The van der Waals surface area contributed by atoms with Crippen LogP contribution in [0, 0.1) is 5.82 Å². The SMILES string of the molecule is Nc1nc(NCCc2ccc(F)cc2)cc(C2CC(O)C2)n1. The molecule has 0 unspecified atom stereocenters. The molecule has 3 rings (SSSR count). The average molecular weight is 302 g/mol. The zero-order chi connectivity index (χ0) is 15.5. The van der Waals surface area contributed by atoms with Crippen molar-refractivity contribution in [2.45, 2.75) is 31.3 Å². The first-order valence-corrected chi connectivity index (χ1v) is 7.41. The van der Waals surface area contributed by atoms with Crippen LogP contribution >= 0.6 is 0 Å². The van der Waals surface area contributed by atoms with Gasteiger partial charge in [-0.2, -0.15) is 4.98 Å². The van der Waals surface area contributed by atoms with E-state index >= 15 is 0 Å². The van der Waals surface area contributed by atoms with Crippen LogP contribution in [0.2, 0.25) is 0 Å². The van der Waals surface area contributed by atoms with Gasteiger partial charge >= 0.3 is 0 Å². The van der Waals surface area contributed by atoms with Crippen LogP contribution < -0.4 is 11.1 Å². The van der Waals surface area contributed by atoms with Crippen LogP contribution in [0.5, 0.6) is 0 Å². The summed E-state index contributed by atoms with van der Waals surface area (Å²) >= 11 is 0. The molecule has 1 aliphatic carbocycles. The number of hydrogen-bond donors (Lipinski definition) is 3. The summed E-state index contributed by atoms with van der Waals surface area (Å²) in [6, 6.07) is 8.34. The lowest BCUT2D eigenvalue weighted by atomic mass is 9.80. The van der Waals surface area contributed by atoms with Crippen LogP contribution in [-0.4, -0.2) is 27.7 Å². The Morgan fingerprint density at radius 3 is 2.64 bits per heavy atom. The predicted octanol–water partition coefficient (Wildman–Crippen LogP) is 2.09. The Hall–Kier alpha value is -2.21. The lowest BCUT2D eigenvalue weighted by molar-refractivity contribution is 0.0732. The summed E-state index contributed by atoms with van der Waals surface area (Å²) in [5, 5.41) is 12.6. The number of hydrogen-bond acceptors (Lipinski definition) is 5. The molecule has 0 amide bonds. The first-order valence-electron chi connectivity index (χ1n) is 7.41. The maximum Gasteiger partial charge on any atom is 0.222 e. The largest absolute Gasteiger partial charge is 0.393 e. The first-order chi connectivity index (χ1) is 10.6. The molecule has 1 aliphatic rings. The molecule has 1 aromatic heterocycles. The van der Waals surface area contributed by atoms with Crippen molar-refractivity contribution in [3.05, 3.63) is 47.4 Å². The van der Waals surface area contributed by atoms with Gasteiger partial charge in [-0.15, -0.1) is 0 Å². The third-order valence-corrected chi connectivity index (χ3v) is 3.93. The number of nitrogens with zero attached hydrogens (tertiary/aromatic N) is 2. The minimum Gasteiger partial charge on any atom is -0.393 e. The number of nitrogen functional groups attached to an aromatic ring is 1. The molecule has 6 heteroatoms. The fourth-order valence-electron chi connectivity index (χ4n) is 2.60. The van der Waals surface area contributed by atoms with Crippen molar-refractivity contribution in [1.82, 2.24) is 9.97 Å². The van der Waals surface area contributed by atoms with Crippen molar-refractivity contribution in [1.29, 1.82) is 0 Å². The molecule has 1 heterocycles. The van der Waals surface area contributed by atoms with Crippen molar-refractivity contribution in [2.75, 3.05) is 17.6 Å². The highest BCUT2D eigenvalue weighted by atomic mass is 19.1. The van der Waals surface area contributed by atoms with Crippen molar-refractivity contribution in [3.63, 3.8) is 0 Å². The summed E-state index contributed by atoms with van der Waals surface area (Å²) in [7, 11) is 0. The first kappa shape index (κ1) is 14.7. The quantitative estimate of drug-likeness (QED) is 0.787. The number of aliphatic hydroxyl groups excluding tert-OH is 1. The van der Waals surface area contributed by atoms with Gasteiger partial charge in [0, 0.05) is 18.5 Å². The van der Waals surface area contributed by atoms with Gasteiger partial charge < -0.3 is 16.2 Å². The van der Waals surface area contributed by atoms with Gasteiger partial charge in [-0.1, -0.05) is 12.1 Å². The molecule has 0 radical (unpaired) electrons. The van der Waals surface area contributed by atoms with Crippen LogP contribution in [-0.2, 0) is 6.42 Å². The van der Waals surface area contributed by atoms with Gasteiger partial charge in [0.15, 0.2) is 0 Å². The highest BCUT2D eigenvalue weighted by Gasteiger charge is 2.30. The summed E-state index contributed by atoms with van der Waals surface area (Å²) in [6.45, 7) is 0.675. The number of benzene rings is 1. The van der Waals surface area contributed by atoms with Gasteiger partial charge in [0.05, 0.1) is 11.8 Å². The minimum atomic E-state index is -0.229. The molecule has 0 aliphatic heterocycles. The summed E-state index contributed by atoms with van der Waals surface area (Å²) in [5.41, 5.74) is 7.67. The standard InChI is InChI=1S/C16H19FN4O/c17-12-3-1-10(2-4-12)5-6-19-15-9-14(20-16(18)21-15)11-7-13(22)8-11/h1-4,9,11,13,22H,5-8H2,(H3,18,19,20,21). The van der Waals surface area contributed by atoms with E-state index in [4.69, 9.17) is 5.73 Å². The smallest absolute Gasteiger partial charge is 0.222 e. The van der Waals surface area contributed by atoms with Crippen LogP contribution in [0.25, 0.3) is 0 Å². The molecule has 1 saturated carbocycles. The number of nitrogens with one attached hydrogen (secondary N) is 1. The van der Waals surface area contributed by atoms with Gasteiger partial charge in [-0.05, 0) is 37.0 Å². The lowest BCUT2D eigenvalue weighted by Gasteiger charge is -2.30. The molecule has 1 aromatic carbocycles. The molecule has 2 aromatic rings. The maximum absolute atomic E-state index is 12.8. The Kier molecular flexibility index (Phi) is 4.20. The number of nitrogens with two attached hydrogens (primary N) is 1. The Balaban J connectivity index is 1.59. The Morgan fingerprint density at radius 1 is 1.23 bits per heavy atom. The maximum atomic E-state index is 12.8. The molecule has 0 spiro atoms. The number of rotatable bonds is 5. The highest BCUT2D eigenvalue weighted by Crippen LogP contribution is 2.36. The topological polar surface area (TPSA) is 84.1 Å². The van der Waals surface area contributed by atoms with E-state index in [0.717, 1.165) is 30.5 Å². The van der Waals surface area contributed by atoms with Crippen LogP contribution in [0.15, 0.2) is 30.3 Å². The van der Waals surface area contributed by atoms with Gasteiger partial charge in [0.2, 0.25) is 5.95 Å². The minimum absolute atomic E-state index is 0.226. The highest BCUT2D eigenvalue weighted by molar-refractivity contribution is 5.42. The van der Waals surface area contributed by atoms with Crippen LogP contribution in [0.4, 0.5) is 16.2 Å². The van der Waals surface area contributed by atoms with E-state index in [1.807, 2.05) is 6.07 Å². The lowest BCUT2D eigenvalue weighted by Crippen LogP contribution is -2.27. The molecule has 0 saturated heterocycles. The van der Waals surface area contributed by atoms with E-state index in [9.17, 15) is 9.50 Å². The van der Waals surface area contributed by atoms with Crippen LogP contribution in [0.3, 0.4) is 0 Å². The molecule has 4 N–H and O–H groups in total. The van der Waals surface area contributed by atoms with Crippen LogP contribution in [0.1, 0.15) is 30.0 Å². The third-order valence-electron chi connectivity index (χ3n) is 3.93. The Labute approximate surface area is 128 Å². The normalized spacial score (nSPS) is 20.5. The van der Waals surface area contributed by atoms with E-state index in [-0.39, 0.29) is 23.8 Å². The van der Waals surface area contributed by atoms with Crippen molar-refractivity contribution in [2.24, 2.45) is 0 Å². The zero-order valence-corrected chi connectivity index (χ0v) is 12.2. The number of aromatic nitrogens is 2. The fraction of sp³-hybridized carbons (Fsp3) is 0.375. The number of aliphatic hydroxyl groups is 1. The van der Waals surface area contributed by atoms with E-state index < -0.39 is 0 Å². The molecular formula is C16H19FN4O. The van der Waals surface area contributed by atoms with Gasteiger partial charge in [-0.25, -0.2) is 9.37 Å². The molecule has 0 bridgehead atoms. The summed E-state index contributed by atoms with van der Waals surface area (Å²) < 4.78 is 12.8. The molecule has 22 heavy (non-hydrogen) atoms. The second-order valence-electron chi connectivity index (χ2n) is 5.66. The van der Waals surface area contributed by atoms with E-state index in [0.29, 0.717) is 12.4 Å². The second-order valence-corrected chi connectivity index (χ2v) is 5.66. The predicted molar refractivity (Wildman–Crippen MR) is 83.0 cm³/mol. The summed E-state index contributed by atoms with van der Waals surface area (Å²) in [6.07, 6.45) is 1.99. The zero-order valence-electron chi connectivity index (χ0n) is 12.2. The third kappa shape index (κ3) is 3.51. The molecule has 116 valence electrons. The Bertz CT molecular complexity index is 641. The van der Waals surface area contributed by atoms with Gasteiger partial charge in [0.25, 0.3) is 0 Å². The van der Waals surface area contributed by atoms with Crippen molar-refractivity contribution < 1.29 is 9.50 Å². The average Bonchev–Trinajstić information content (AvgIpc) is 2.45. The Morgan fingerprint density at radius 2 is 1.95 bits per heavy atom. The van der Waals surface area contributed by atoms with Crippen molar-refractivity contribution in [3.8, 4) is 0 Å². The number of halogens is 1. The molecule has 0 atom stereocenters. The van der Waals surface area contributed by atoms with Gasteiger partial charge in [0.1, 0.15) is 11.6 Å². The second kappa shape index (κ2) is 6.27. The van der Waals surface area contributed by atoms with E-state index in [1.165, 1.54) is 12.1 Å². The summed E-state index contributed by atoms with van der Waals surface area (Å²) in [5.74, 6) is 0.958.